The van der Waals surface area contributed by atoms with Gasteiger partial charge in [0.05, 0.1) is 6.61 Å². The van der Waals surface area contributed by atoms with Gasteiger partial charge in [0.2, 0.25) is 0 Å². The van der Waals surface area contributed by atoms with E-state index < -0.39 is 0 Å². The van der Waals surface area contributed by atoms with Crippen LogP contribution in [0.25, 0.3) is 0 Å². The molecular formula is C15H24BrNO. The standard InChI is InChI=1S/C15H24BrNO/c1-11(2)15(12(3)17-4)8-9-18-14-7-5-6-13(16)10-14/h5-7,10-12,15,17H,8-9H2,1-4H3. The van der Waals surface area contributed by atoms with E-state index >= 15 is 0 Å². The van der Waals surface area contributed by atoms with Crippen LogP contribution in [0.5, 0.6) is 5.75 Å². The number of halogens is 1. The molecule has 102 valence electrons. The van der Waals surface area contributed by atoms with Crippen molar-refractivity contribution in [3.05, 3.63) is 28.7 Å². The minimum atomic E-state index is 0.524. The van der Waals surface area contributed by atoms with E-state index in [2.05, 4.69) is 42.0 Å². The molecule has 0 fully saturated rings. The molecule has 0 saturated heterocycles. The third kappa shape index (κ3) is 4.99. The third-order valence-electron chi connectivity index (χ3n) is 3.47. The topological polar surface area (TPSA) is 21.3 Å². The molecule has 0 aromatic heterocycles. The number of hydrogen-bond donors (Lipinski definition) is 1. The number of benzene rings is 1. The van der Waals surface area contributed by atoms with Crippen molar-refractivity contribution < 1.29 is 4.74 Å². The van der Waals surface area contributed by atoms with Gasteiger partial charge in [-0.05, 0) is 50.4 Å². The van der Waals surface area contributed by atoms with Crippen molar-refractivity contribution in [2.75, 3.05) is 13.7 Å². The summed E-state index contributed by atoms with van der Waals surface area (Å²) >= 11 is 3.45. The molecule has 0 heterocycles. The van der Waals surface area contributed by atoms with Crippen molar-refractivity contribution in [3.8, 4) is 5.75 Å². The summed E-state index contributed by atoms with van der Waals surface area (Å²) in [5.41, 5.74) is 0. The van der Waals surface area contributed by atoms with Gasteiger partial charge in [-0.1, -0.05) is 35.8 Å². The van der Waals surface area contributed by atoms with Gasteiger partial charge in [-0.2, -0.15) is 0 Å². The first-order chi connectivity index (χ1) is 8.54. The summed E-state index contributed by atoms with van der Waals surface area (Å²) in [6, 6.07) is 8.53. The van der Waals surface area contributed by atoms with Crippen LogP contribution >= 0.6 is 15.9 Å². The summed E-state index contributed by atoms with van der Waals surface area (Å²) in [7, 11) is 2.02. The lowest BCUT2D eigenvalue weighted by molar-refractivity contribution is 0.217. The molecule has 0 bridgehead atoms. The lowest BCUT2D eigenvalue weighted by Crippen LogP contribution is -2.34. The molecule has 2 unspecified atom stereocenters. The highest BCUT2D eigenvalue weighted by atomic mass is 79.9. The minimum Gasteiger partial charge on any atom is -0.494 e. The summed E-state index contributed by atoms with van der Waals surface area (Å²) in [5, 5.41) is 3.34. The fraction of sp³-hybridized carbons (Fsp3) is 0.600. The lowest BCUT2D eigenvalue weighted by Gasteiger charge is -2.27. The second-order valence-electron chi connectivity index (χ2n) is 5.08. The van der Waals surface area contributed by atoms with E-state index in [1.807, 2.05) is 31.3 Å². The van der Waals surface area contributed by atoms with Gasteiger partial charge in [-0.15, -0.1) is 0 Å². The van der Waals surface area contributed by atoms with Crippen LogP contribution in [-0.2, 0) is 0 Å². The molecule has 0 aliphatic carbocycles. The number of hydrogen-bond acceptors (Lipinski definition) is 2. The largest absolute Gasteiger partial charge is 0.494 e. The molecule has 0 radical (unpaired) electrons. The summed E-state index contributed by atoms with van der Waals surface area (Å²) < 4.78 is 6.86. The Kier molecular flexibility index (Phi) is 6.72. The molecule has 1 N–H and O–H groups in total. The van der Waals surface area contributed by atoms with Gasteiger partial charge in [0.1, 0.15) is 5.75 Å². The first kappa shape index (κ1) is 15.5. The Balaban J connectivity index is 2.44. The van der Waals surface area contributed by atoms with E-state index in [1.54, 1.807) is 0 Å². The average Bonchev–Trinajstić information content (AvgIpc) is 2.33. The summed E-state index contributed by atoms with van der Waals surface area (Å²) in [4.78, 5) is 0. The van der Waals surface area contributed by atoms with Crippen LogP contribution < -0.4 is 10.1 Å². The Morgan fingerprint density at radius 3 is 2.56 bits per heavy atom. The second-order valence-corrected chi connectivity index (χ2v) is 6.00. The van der Waals surface area contributed by atoms with Gasteiger partial charge in [0.15, 0.2) is 0 Å². The average molecular weight is 314 g/mol. The maximum atomic E-state index is 5.80. The second kappa shape index (κ2) is 7.80. The van der Waals surface area contributed by atoms with Crippen LogP contribution in [0.1, 0.15) is 27.2 Å². The Hall–Kier alpha value is -0.540. The van der Waals surface area contributed by atoms with E-state index in [0.717, 1.165) is 23.2 Å². The Morgan fingerprint density at radius 1 is 1.28 bits per heavy atom. The van der Waals surface area contributed by atoms with Crippen LogP contribution in [0.2, 0.25) is 0 Å². The van der Waals surface area contributed by atoms with E-state index in [4.69, 9.17) is 4.74 Å². The van der Waals surface area contributed by atoms with Gasteiger partial charge in [-0.3, -0.25) is 0 Å². The molecule has 0 saturated carbocycles. The summed E-state index contributed by atoms with van der Waals surface area (Å²) in [5.74, 6) is 2.24. The van der Waals surface area contributed by atoms with E-state index in [-0.39, 0.29) is 0 Å². The number of ether oxygens (including phenoxy) is 1. The van der Waals surface area contributed by atoms with Gasteiger partial charge >= 0.3 is 0 Å². The van der Waals surface area contributed by atoms with Crippen molar-refractivity contribution in [3.63, 3.8) is 0 Å². The fourth-order valence-electron chi connectivity index (χ4n) is 2.24. The zero-order valence-corrected chi connectivity index (χ0v) is 13.3. The molecular weight excluding hydrogens is 290 g/mol. The maximum Gasteiger partial charge on any atom is 0.120 e. The highest BCUT2D eigenvalue weighted by Gasteiger charge is 2.19. The number of nitrogens with one attached hydrogen (secondary N) is 1. The molecule has 2 nitrogen and oxygen atoms in total. The molecule has 1 rings (SSSR count). The minimum absolute atomic E-state index is 0.524. The van der Waals surface area contributed by atoms with Crippen LogP contribution in [-0.4, -0.2) is 19.7 Å². The Bertz CT molecular complexity index is 354. The molecule has 0 aliphatic heterocycles. The smallest absolute Gasteiger partial charge is 0.120 e. The molecule has 0 amide bonds. The normalized spacial score (nSPS) is 14.6. The van der Waals surface area contributed by atoms with E-state index in [0.29, 0.717) is 17.9 Å². The zero-order chi connectivity index (χ0) is 13.5. The first-order valence-corrected chi connectivity index (χ1v) is 7.39. The molecule has 1 aromatic carbocycles. The van der Waals surface area contributed by atoms with Crippen LogP contribution in [0, 0.1) is 11.8 Å². The van der Waals surface area contributed by atoms with Crippen molar-refractivity contribution in [2.24, 2.45) is 11.8 Å². The van der Waals surface area contributed by atoms with Crippen molar-refractivity contribution in [1.29, 1.82) is 0 Å². The van der Waals surface area contributed by atoms with Gasteiger partial charge in [-0.25, -0.2) is 0 Å². The lowest BCUT2D eigenvalue weighted by atomic mass is 9.87. The third-order valence-corrected chi connectivity index (χ3v) is 3.96. The van der Waals surface area contributed by atoms with Crippen LogP contribution in [0.3, 0.4) is 0 Å². The quantitative estimate of drug-likeness (QED) is 0.818. The van der Waals surface area contributed by atoms with Crippen molar-refractivity contribution in [2.45, 2.75) is 33.2 Å². The van der Waals surface area contributed by atoms with Gasteiger partial charge in [0, 0.05) is 10.5 Å². The van der Waals surface area contributed by atoms with E-state index in [9.17, 15) is 0 Å². The predicted octanol–water partition coefficient (Wildman–Crippen LogP) is 4.10. The molecule has 18 heavy (non-hydrogen) atoms. The van der Waals surface area contributed by atoms with E-state index in [1.165, 1.54) is 0 Å². The Labute approximate surface area is 119 Å². The SMILES string of the molecule is CNC(C)C(CCOc1cccc(Br)c1)C(C)C. The molecule has 1 aromatic rings. The molecule has 0 spiro atoms. The highest BCUT2D eigenvalue weighted by Crippen LogP contribution is 2.21. The van der Waals surface area contributed by atoms with Gasteiger partial charge < -0.3 is 10.1 Å². The first-order valence-electron chi connectivity index (χ1n) is 6.60. The highest BCUT2D eigenvalue weighted by molar-refractivity contribution is 9.10. The Morgan fingerprint density at radius 2 is 2.00 bits per heavy atom. The zero-order valence-electron chi connectivity index (χ0n) is 11.7. The molecule has 3 heteroatoms. The molecule has 2 atom stereocenters. The number of rotatable bonds is 7. The van der Waals surface area contributed by atoms with Crippen molar-refractivity contribution in [1.82, 2.24) is 5.32 Å². The van der Waals surface area contributed by atoms with Crippen LogP contribution in [0.4, 0.5) is 0 Å². The van der Waals surface area contributed by atoms with Crippen molar-refractivity contribution >= 4 is 15.9 Å². The van der Waals surface area contributed by atoms with Crippen LogP contribution in [0.15, 0.2) is 28.7 Å². The monoisotopic (exact) mass is 313 g/mol. The summed E-state index contributed by atoms with van der Waals surface area (Å²) in [6.07, 6.45) is 1.08. The summed E-state index contributed by atoms with van der Waals surface area (Å²) in [6.45, 7) is 7.56. The fourth-order valence-corrected chi connectivity index (χ4v) is 2.62. The predicted molar refractivity (Wildman–Crippen MR) is 81.1 cm³/mol. The maximum absolute atomic E-state index is 5.80. The molecule has 0 aliphatic rings. The van der Waals surface area contributed by atoms with Gasteiger partial charge in [0.25, 0.3) is 0 Å².